The lowest BCUT2D eigenvalue weighted by atomic mass is 9.48. The van der Waals surface area contributed by atoms with Crippen LogP contribution in [0.1, 0.15) is 69.7 Å². The van der Waals surface area contributed by atoms with Gasteiger partial charge in [-0.3, -0.25) is 0 Å². The number of anilines is 1. The van der Waals surface area contributed by atoms with Crippen LogP contribution >= 0.6 is 0 Å². The van der Waals surface area contributed by atoms with Crippen molar-refractivity contribution in [2.45, 2.75) is 63.7 Å². The molecule has 1 aromatic rings. The first-order valence-electron chi connectivity index (χ1n) is 7.82. The smallest absolute Gasteiger partial charge is 0.292 e. The summed E-state index contributed by atoms with van der Waals surface area (Å²) in [6.45, 7) is 4.37. The molecule has 3 heteroatoms. The maximum absolute atomic E-state index is 5.86. The second-order valence-electron chi connectivity index (χ2n) is 7.62. The van der Waals surface area contributed by atoms with E-state index in [4.69, 9.17) is 10.2 Å². The Morgan fingerprint density at radius 2 is 1.63 bits per heavy atom. The van der Waals surface area contributed by atoms with Crippen LogP contribution in [0.5, 0.6) is 0 Å². The Morgan fingerprint density at radius 1 is 1.11 bits per heavy atom. The Balaban J connectivity index is 1.79. The first-order chi connectivity index (χ1) is 9.06. The predicted octanol–water partition coefficient (Wildman–Crippen LogP) is 3.85. The number of hydrogen-bond acceptors (Lipinski definition) is 3. The van der Waals surface area contributed by atoms with E-state index in [1.165, 1.54) is 44.2 Å². The molecular formula is C16H24N2O. The SMILES string of the molecule is CC(C)c1oc(N)nc1C12CC3CC(CC(C3)C1)C2. The molecule has 0 aliphatic heterocycles. The molecule has 1 heterocycles. The first kappa shape index (κ1) is 11.8. The molecule has 0 atom stereocenters. The Labute approximate surface area is 115 Å². The van der Waals surface area contributed by atoms with Gasteiger partial charge in [0.25, 0.3) is 6.01 Å². The average molecular weight is 260 g/mol. The summed E-state index contributed by atoms with van der Waals surface area (Å²) >= 11 is 0. The number of oxazole rings is 1. The van der Waals surface area contributed by atoms with Gasteiger partial charge in [0.15, 0.2) is 0 Å². The highest BCUT2D eigenvalue weighted by Gasteiger charge is 2.53. The molecule has 0 saturated heterocycles. The Morgan fingerprint density at radius 3 is 2.11 bits per heavy atom. The molecule has 4 saturated carbocycles. The van der Waals surface area contributed by atoms with Crippen LogP contribution in [0.2, 0.25) is 0 Å². The first-order valence-corrected chi connectivity index (χ1v) is 7.82. The zero-order chi connectivity index (χ0) is 13.2. The van der Waals surface area contributed by atoms with Crippen molar-refractivity contribution in [1.29, 1.82) is 0 Å². The minimum atomic E-state index is 0.301. The molecule has 4 aliphatic rings. The van der Waals surface area contributed by atoms with E-state index >= 15 is 0 Å². The molecule has 1 aromatic heterocycles. The average Bonchev–Trinajstić information content (AvgIpc) is 2.70. The monoisotopic (exact) mass is 260 g/mol. The third-order valence-corrected chi connectivity index (χ3v) is 5.73. The van der Waals surface area contributed by atoms with E-state index in [9.17, 15) is 0 Å². The Kier molecular flexibility index (Phi) is 2.34. The lowest BCUT2D eigenvalue weighted by Gasteiger charge is -2.56. The number of rotatable bonds is 2. The summed E-state index contributed by atoms with van der Waals surface area (Å²) < 4.78 is 5.73. The van der Waals surface area contributed by atoms with Gasteiger partial charge in [-0.15, -0.1) is 0 Å². The van der Waals surface area contributed by atoms with Crippen LogP contribution in [0.15, 0.2) is 4.42 Å². The van der Waals surface area contributed by atoms with Crippen molar-refractivity contribution < 1.29 is 4.42 Å². The molecule has 0 radical (unpaired) electrons. The molecule has 0 aromatic carbocycles. The second-order valence-corrected chi connectivity index (χ2v) is 7.62. The van der Waals surface area contributed by atoms with Crippen LogP contribution in [-0.2, 0) is 5.41 Å². The number of aromatic nitrogens is 1. The fourth-order valence-corrected chi connectivity index (χ4v) is 5.52. The van der Waals surface area contributed by atoms with Gasteiger partial charge in [0.1, 0.15) is 5.76 Å². The summed E-state index contributed by atoms with van der Waals surface area (Å²) in [6.07, 6.45) is 8.36. The van der Waals surface area contributed by atoms with E-state index in [0.29, 0.717) is 17.3 Å². The standard InChI is InChI=1S/C16H24N2O/c1-9(2)13-14(18-15(17)19-13)16-6-10-3-11(7-16)5-12(4-10)8-16/h9-12H,3-8H2,1-2H3,(H2,17,18). The third-order valence-electron chi connectivity index (χ3n) is 5.73. The second kappa shape index (κ2) is 3.77. The van der Waals surface area contributed by atoms with E-state index in [1.54, 1.807) is 0 Å². The summed E-state index contributed by atoms with van der Waals surface area (Å²) in [5.41, 5.74) is 7.38. The van der Waals surface area contributed by atoms with Crippen molar-refractivity contribution >= 4 is 6.01 Å². The molecule has 0 spiro atoms. The maximum Gasteiger partial charge on any atom is 0.292 e. The van der Waals surface area contributed by atoms with Crippen molar-refractivity contribution in [3.05, 3.63) is 11.5 Å². The molecule has 0 unspecified atom stereocenters. The Hall–Kier alpha value is -0.990. The van der Waals surface area contributed by atoms with E-state index < -0.39 is 0 Å². The molecule has 2 N–H and O–H groups in total. The summed E-state index contributed by atoms with van der Waals surface area (Å²) in [6, 6.07) is 0.370. The van der Waals surface area contributed by atoms with Crippen LogP contribution in [0.3, 0.4) is 0 Å². The fraction of sp³-hybridized carbons (Fsp3) is 0.812. The summed E-state index contributed by atoms with van der Waals surface area (Å²) in [4.78, 5) is 4.63. The topological polar surface area (TPSA) is 52.0 Å². The fourth-order valence-electron chi connectivity index (χ4n) is 5.52. The van der Waals surface area contributed by atoms with Gasteiger partial charge in [0, 0.05) is 11.3 Å². The molecule has 5 rings (SSSR count). The molecular weight excluding hydrogens is 236 g/mol. The summed E-state index contributed by atoms with van der Waals surface area (Å²) in [5.74, 6) is 4.24. The van der Waals surface area contributed by atoms with Gasteiger partial charge >= 0.3 is 0 Å². The molecule has 4 fully saturated rings. The van der Waals surface area contributed by atoms with Crippen LogP contribution in [0.25, 0.3) is 0 Å². The van der Waals surface area contributed by atoms with Crippen LogP contribution in [0.4, 0.5) is 6.01 Å². The molecule has 0 amide bonds. The number of hydrogen-bond donors (Lipinski definition) is 1. The third kappa shape index (κ3) is 1.66. The zero-order valence-corrected chi connectivity index (χ0v) is 12.0. The van der Waals surface area contributed by atoms with Crippen molar-refractivity contribution in [2.75, 3.05) is 5.73 Å². The molecule has 3 nitrogen and oxygen atoms in total. The van der Waals surface area contributed by atoms with Crippen LogP contribution in [-0.4, -0.2) is 4.98 Å². The Bertz CT molecular complexity index is 468. The van der Waals surface area contributed by atoms with E-state index in [0.717, 1.165) is 23.5 Å². The highest BCUT2D eigenvalue weighted by molar-refractivity contribution is 5.32. The molecule has 104 valence electrons. The van der Waals surface area contributed by atoms with Crippen molar-refractivity contribution in [3.63, 3.8) is 0 Å². The van der Waals surface area contributed by atoms with E-state index in [1.807, 2.05) is 0 Å². The lowest BCUT2D eigenvalue weighted by molar-refractivity contribution is -0.00788. The minimum Gasteiger partial charge on any atom is -0.428 e. The largest absolute Gasteiger partial charge is 0.428 e. The van der Waals surface area contributed by atoms with Crippen LogP contribution in [0, 0.1) is 17.8 Å². The minimum absolute atomic E-state index is 0.301. The van der Waals surface area contributed by atoms with Crippen molar-refractivity contribution in [1.82, 2.24) is 4.98 Å². The number of nitrogens with two attached hydrogens (primary N) is 1. The summed E-state index contributed by atoms with van der Waals surface area (Å²) in [7, 11) is 0. The van der Waals surface area contributed by atoms with Gasteiger partial charge in [-0.2, -0.15) is 4.98 Å². The molecule has 4 aliphatic carbocycles. The van der Waals surface area contributed by atoms with E-state index in [2.05, 4.69) is 18.8 Å². The summed E-state index contributed by atoms with van der Waals surface area (Å²) in [5, 5.41) is 0. The quantitative estimate of drug-likeness (QED) is 0.878. The highest BCUT2D eigenvalue weighted by Crippen LogP contribution is 2.61. The van der Waals surface area contributed by atoms with E-state index in [-0.39, 0.29) is 0 Å². The number of nitrogen functional groups attached to an aromatic ring is 1. The van der Waals surface area contributed by atoms with Gasteiger partial charge in [-0.25, -0.2) is 0 Å². The molecule has 4 bridgehead atoms. The lowest BCUT2D eigenvalue weighted by Crippen LogP contribution is -2.49. The maximum atomic E-state index is 5.86. The highest BCUT2D eigenvalue weighted by atomic mass is 16.4. The van der Waals surface area contributed by atoms with Crippen LogP contribution < -0.4 is 5.73 Å². The number of nitrogens with zero attached hydrogens (tertiary/aromatic N) is 1. The van der Waals surface area contributed by atoms with Gasteiger partial charge in [-0.1, -0.05) is 13.8 Å². The molecule has 19 heavy (non-hydrogen) atoms. The zero-order valence-electron chi connectivity index (χ0n) is 12.0. The predicted molar refractivity (Wildman–Crippen MR) is 74.9 cm³/mol. The van der Waals surface area contributed by atoms with Gasteiger partial charge in [-0.05, 0) is 56.3 Å². The van der Waals surface area contributed by atoms with Crippen molar-refractivity contribution in [2.24, 2.45) is 17.8 Å². The van der Waals surface area contributed by atoms with Gasteiger partial charge in [0.2, 0.25) is 0 Å². The normalized spacial score (nSPS) is 40.3. The van der Waals surface area contributed by atoms with Gasteiger partial charge in [0.05, 0.1) is 5.69 Å². The van der Waals surface area contributed by atoms with Gasteiger partial charge < -0.3 is 10.2 Å². The van der Waals surface area contributed by atoms with Crippen molar-refractivity contribution in [3.8, 4) is 0 Å².